The first kappa shape index (κ1) is 18.3. The Morgan fingerprint density at radius 1 is 1.38 bits per heavy atom. The molecular formula is C11H14N6O7S2. The standard InChI is InChI=1S/C11H14N6O7S2/c12-10-13-6(4-25-10)8(18)14-15-9(19)7-2-1-5-3-16(7)11(20)17(5)24-26(21,22)23/h4-5,7H,1-3H2,(H2,12,13)(H,14,18)(H,15,19)(H,21,22,23)/t5-,7-/m0/s1. The number of rotatable bonds is 4. The second-order valence-corrected chi connectivity index (χ2v) is 7.42. The van der Waals surface area contributed by atoms with Crippen LogP contribution < -0.4 is 16.6 Å². The van der Waals surface area contributed by atoms with Gasteiger partial charge in [0, 0.05) is 11.9 Å². The number of nitrogens with zero attached hydrogens (tertiary/aromatic N) is 3. The van der Waals surface area contributed by atoms with Crippen LogP contribution in [0.25, 0.3) is 0 Å². The summed E-state index contributed by atoms with van der Waals surface area (Å²) in [6, 6.07) is -2.42. The van der Waals surface area contributed by atoms with Crippen molar-refractivity contribution in [3.05, 3.63) is 11.1 Å². The summed E-state index contributed by atoms with van der Waals surface area (Å²) in [5.41, 5.74) is 9.80. The van der Waals surface area contributed by atoms with Gasteiger partial charge in [0.15, 0.2) is 5.13 Å². The van der Waals surface area contributed by atoms with Gasteiger partial charge in [-0.2, -0.15) is 13.5 Å². The van der Waals surface area contributed by atoms with Gasteiger partial charge in [-0.15, -0.1) is 15.6 Å². The number of nitrogens with two attached hydrogens (primary N) is 1. The summed E-state index contributed by atoms with van der Waals surface area (Å²) in [6.07, 6.45) is 0.486. The van der Waals surface area contributed by atoms with Crippen LogP contribution in [-0.4, -0.2) is 64.4 Å². The molecule has 4 amide bonds. The summed E-state index contributed by atoms with van der Waals surface area (Å²) in [5, 5.41) is 2.14. The summed E-state index contributed by atoms with van der Waals surface area (Å²) in [6.45, 7) is 0.0446. The number of nitrogens with one attached hydrogen (secondary N) is 2. The van der Waals surface area contributed by atoms with Gasteiger partial charge in [0.1, 0.15) is 11.7 Å². The number of anilines is 1. The highest BCUT2D eigenvalue weighted by Crippen LogP contribution is 2.30. The molecule has 2 saturated heterocycles. The highest BCUT2D eigenvalue weighted by atomic mass is 32.3. The summed E-state index contributed by atoms with van der Waals surface area (Å²) < 4.78 is 34.7. The fourth-order valence-corrected chi connectivity index (χ4v) is 3.69. The first-order valence-electron chi connectivity index (χ1n) is 7.24. The lowest BCUT2D eigenvalue weighted by molar-refractivity contribution is -0.126. The number of nitrogen functional groups attached to an aromatic ring is 1. The van der Waals surface area contributed by atoms with Gasteiger partial charge in [0.2, 0.25) is 0 Å². The van der Waals surface area contributed by atoms with Crippen LogP contribution in [0.2, 0.25) is 0 Å². The Balaban J connectivity index is 1.61. The highest BCUT2D eigenvalue weighted by molar-refractivity contribution is 7.80. The summed E-state index contributed by atoms with van der Waals surface area (Å²) in [4.78, 5) is 41.2. The third-order valence-electron chi connectivity index (χ3n) is 3.85. The van der Waals surface area contributed by atoms with Gasteiger partial charge in [-0.05, 0) is 12.8 Å². The Kier molecular flexibility index (Phi) is 4.70. The fourth-order valence-electron chi connectivity index (χ4n) is 2.76. The van der Waals surface area contributed by atoms with Gasteiger partial charge in [-0.3, -0.25) is 25.0 Å². The molecule has 2 atom stereocenters. The van der Waals surface area contributed by atoms with Crippen molar-refractivity contribution in [2.45, 2.75) is 24.9 Å². The van der Waals surface area contributed by atoms with E-state index in [1.54, 1.807) is 0 Å². The van der Waals surface area contributed by atoms with Crippen LogP contribution in [0.5, 0.6) is 0 Å². The van der Waals surface area contributed by atoms with Crippen molar-refractivity contribution in [1.82, 2.24) is 25.8 Å². The lowest BCUT2D eigenvalue weighted by Gasteiger charge is -2.29. The minimum absolute atomic E-state index is 0.0292. The monoisotopic (exact) mass is 406 g/mol. The topological polar surface area (TPSA) is 184 Å². The van der Waals surface area contributed by atoms with E-state index in [0.29, 0.717) is 5.06 Å². The molecule has 0 spiro atoms. The molecule has 26 heavy (non-hydrogen) atoms. The number of hydrogen-bond donors (Lipinski definition) is 4. The Morgan fingerprint density at radius 3 is 2.73 bits per heavy atom. The maximum absolute atomic E-state index is 12.3. The molecule has 2 fully saturated rings. The van der Waals surface area contributed by atoms with Crippen molar-refractivity contribution >= 4 is 44.7 Å². The van der Waals surface area contributed by atoms with Gasteiger partial charge in [0.05, 0.1) is 6.04 Å². The summed E-state index contributed by atoms with van der Waals surface area (Å²) >= 11 is 1.06. The fraction of sp³-hybridized carbons (Fsp3) is 0.455. The number of hydrogen-bond acceptors (Lipinski definition) is 9. The molecule has 1 aromatic rings. The summed E-state index contributed by atoms with van der Waals surface area (Å²) in [5.74, 6) is -1.34. The van der Waals surface area contributed by atoms with Crippen molar-refractivity contribution in [2.75, 3.05) is 12.3 Å². The molecule has 13 nitrogen and oxygen atoms in total. The lowest BCUT2D eigenvalue weighted by atomic mass is 10.0. The third-order valence-corrected chi connectivity index (χ3v) is 4.88. The smallest absolute Gasteiger partial charge is 0.375 e. The Bertz CT molecular complexity index is 855. The van der Waals surface area contributed by atoms with E-state index in [0.717, 1.165) is 16.2 Å². The molecule has 2 aliphatic heterocycles. The van der Waals surface area contributed by atoms with E-state index >= 15 is 0 Å². The van der Waals surface area contributed by atoms with E-state index < -0.39 is 40.3 Å². The molecule has 0 radical (unpaired) electrons. The van der Waals surface area contributed by atoms with Gasteiger partial charge >= 0.3 is 16.4 Å². The first-order valence-corrected chi connectivity index (χ1v) is 9.48. The lowest BCUT2D eigenvalue weighted by Crippen LogP contribution is -2.54. The predicted molar refractivity (Wildman–Crippen MR) is 85.5 cm³/mol. The van der Waals surface area contributed by atoms with Crippen LogP contribution in [0, 0.1) is 0 Å². The predicted octanol–water partition coefficient (Wildman–Crippen LogP) is -1.51. The Hall–Kier alpha value is -2.49. The number of carbonyl (C=O) groups is 3. The number of aromatic nitrogens is 1. The first-order chi connectivity index (χ1) is 12.2. The van der Waals surface area contributed by atoms with Crippen LogP contribution in [-0.2, 0) is 19.5 Å². The number of carbonyl (C=O) groups excluding carboxylic acids is 3. The van der Waals surface area contributed by atoms with E-state index in [1.165, 1.54) is 5.38 Å². The van der Waals surface area contributed by atoms with Gasteiger partial charge < -0.3 is 10.6 Å². The second kappa shape index (κ2) is 6.67. The molecule has 5 N–H and O–H groups in total. The molecule has 3 rings (SSSR count). The number of piperidine rings is 1. The van der Waals surface area contributed by atoms with Crippen molar-refractivity contribution < 1.29 is 31.6 Å². The number of hydrazine groups is 1. The molecule has 142 valence electrons. The summed E-state index contributed by atoms with van der Waals surface area (Å²) in [7, 11) is -4.86. The van der Waals surface area contributed by atoms with Crippen molar-refractivity contribution in [1.29, 1.82) is 0 Å². The van der Waals surface area contributed by atoms with Gasteiger partial charge in [-0.25, -0.2) is 9.78 Å². The molecule has 2 aliphatic rings. The zero-order chi connectivity index (χ0) is 19.1. The molecule has 3 heterocycles. The molecule has 2 bridgehead atoms. The van der Waals surface area contributed by atoms with Crippen LogP contribution in [0.3, 0.4) is 0 Å². The van der Waals surface area contributed by atoms with E-state index in [9.17, 15) is 22.8 Å². The zero-order valence-electron chi connectivity index (χ0n) is 13.0. The molecule has 0 aromatic carbocycles. The van der Waals surface area contributed by atoms with Crippen molar-refractivity contribution in [3.8, 4) is 0 Å². The number of amides is 4. The molecule has 1 aromatic heterocycles. The largest absolute Gasteiger partial charge is 0.418 e. The number of hydroxylamine groups is 2. The third kappa shape index (κ3) is 3.69. The average molecular weight is 406 g/mol. The van der Waals surface area contributed by atoms with Crippen LogP contribution in [0.15, 0.2) is 5.38 Å². The molecule has 0 aliphatic carbocycles. The number of urea groups is 1. The van der Waals surface area contributed by atoms with Crippen LogP contribution in [0.4, 0.5) is 9.93 Å². The van der Waals surface area contributed by atoms with E-state index in [2.05, 4.69) is 20.1 Å². The minimum Gasteiger partial charge on any atom is -0.375 e. The van der Waals surface area contributed by atoms with E-state index in [4.69, 9.17) is 10.3 Å². The molecule has 0 unspecified atom stereocenters. The SMILES string of the molecule is Nc1nc(C(=O)NNC(=O)[C@@H]2CC[C@H]3CN2C(=O)N3OS(=O)(=O)O)cs1. The second-order valence-electron chi connectivity index (χ2n) is 5.52. The van der Waals surface area contributed by atoms with Crippen molar-refractivity contribution in [3.63, 3.8) is 0 Å². The van der Waals surface area contributed by atoms with Gasteiger partial charge in [-0.1, -0.05) is 0 Å². The van der Waals surface area contributed by atoms with E-state index in [-0.39, 0.29) is 30.2 Å². The molecule has 15 heteroatoms. The normalized spacial score (nSPS) is 22.4. The quantitative estimate of drug-likeness (QED) is 0.341. The average Bonchev–Trinajstić information content (AvgIpc) is 3.09. The van der Waals surface area contributed by atoms with Crippen LogP contribution >= 0.6 is 11.3 Å². The highest BCUT2D eigenvalue weighted by Gasteiger charge is 2.49. The van der Waals surface area contributed by atoms with Crippen molar-refractivity contribution in [2.24, 2.45) is 0 Å². The minimum atomic E-state index is -4.86. The molecular weight excluding hydrogens is 392 g/mol. The Morgan fingerprint density at radius 2 is 2.12 bits per heavy atom. The maximum Gasteiger partial charge on any atom is 0.418 e. The van der Waals surface area contributed by atoms with E-state index in [1.807, 2.05) is 0 Å². The Labute approximate surface area is 151 Å². The number of fused-ring (bicyclic) bond motifs is 2. The maximum atomic E-state index is 12.3. The molecule has 0 saturated carbocycles. The zero-order valence-corrected chi connectivity index (χ0v) is 14.6. The van der Waals surface area contributed by atoms with Crippen LogP contribution in [0.1, 0.15) is 23.3 Å². The number of thiazole rings is 1. The van der Waals surface area contributed by atoms with Gasteiger partial charge in [0.25, 0.3) is 11.8 Å².